The molecule has 4 rings (SSSR count). The Morgan fingerprint density at radius 3 is 2.51 bits per heavy atom. The molecule has 1 aromatic heterocycles. The van der Waals surface area contributed by atoms with E-state index in [0.29, 0.717) is 25.7 Å². The fraction of sp³-hybridized carbons (Fsp3) is 0.467. The first-order valence-corrected chi connectivity index (χ1v) is 14.1. The van der Waals surface area contributed by atoms with Crippen molar-refractivity contribution in [3.8, 4) is 5.75 Å². The van der Waals surface area contributed by atoms with Crippen molar-refractivity contribution >= 4 is 29.2 Å². The lowest BCUT2D eigenvalue weighted by molar-refractivity contribution is -0.140. The Labute approximate surface area is 223 Å². The van der Waals surface area contributed by atoms with Gasteiger partial charge in [-0.2, -0.15) is 0 Å². The molecule has 0 saturated carbocycles. The average molecular weight is 524 g/mol. The Balaban J connectivity index is 1.54. The molecule has 198 valence electrons. The zero-order valence-electron chi connectivity index (χ0n) is 21.6. The van der Waals surface area contributed by atoms with Gasteiger partial charge in [0.05, 0.1) is 31.1 Å². The molecule has 3 N–H and O–H groups in total. The number of phenolic OH excluding ortho intramolecular Hbond substituents is 1. The molecule has 1 fully saturated rings. The van der Waals surface area contributed by atoms with Gasteiger partial charge in [-0.1, -0.05) is 55.7 Å². The predicted molar refractivity (Wildman–Crippen MR) is 146 cm³/mol. The van der Waals surface area contributed by atoms with Crippen LogP contribution in [-0.4, -0.2) is 44.7 Å². The third-order valence-corrected chi connectivity index (χ3v) is 8.59. The lowest BCUT2D eigenvalue weighted by Gasteiger charge is -2.36. The van der Waals surface area contributed by atoms with Crippen LogP contribution in [0.3, 0.4) is 0 Å². The number of thiophene rings is 1. The normalized spacial score (nSPS) is 23.1. The number of likely N-dealkylation sites (tertiary alicyclic amines) is 1. The molecule has 2 aromatic rings. The van der Waals surface area contributed by atoms with E-state index in [1.165, 1.54) is 21.8 Å². The smallest absolute Gasteiger partial charge is 0.234 e. The standard InChI is InChI=1S/C30H37NO5S/c1-3-6-19(15-20-8-11-22(33)12-9-20)10-13-26(34)27-21(4-2)16-24-28(25(27)18-32)30(36)31(29(24)35)17-23-7-5-14-37-23/h5,7-9,11-12,14-15,24-26,28,32-34H,3-4,6,10,13,16-18H2,1-2H3/b19-15+/t24-,25+,26-,28-/m1/s1. The van der Waals surface area contributed by atoms with E-state index in [4.69, 9.17) is 0 Å². The van der Waals surface area contributed by atoms with Crippen molar-refractivity contribution in [2.45, 2.75) is 65.0 Å². The van der Waals surface area contributed by atoms with Crippen molar-refractivity contribution in [3.05, 3.63) is 68.9 Å². The quantitative estimate of drug-likeness (QED) is 0.274. The number of fused-ring (bicyclic) bond motifs is 1. The maximum atomic E-state index is 13.5. The molecule has 1 aliphatic carbocycles. The molecule has 6 nitrogen and oxygen atoms in total. The maximum absolute atomic E-state index is 13.5. The molecular weight excluding hydrogens is 486 g/mol. The molecule has 1 aliphatic heterocycles. The lowest BCUT2D eigenvalue weighted by Crippen LogP contribution is -2.39. The van der Waals surface area contributed by atoms with Crippen LogP contribution in [0.5, 0.6) is 5.75 Å². The lowest BCUT2D eigenvalue weighted by atomic mass is 9.67. The van der Waals surface area contributed by atoms with Crippen molar-refractivity contribution in [2.75, 3.05) is 6.61 Å². The number of benzene rings is 1. The molecule has 0 unspecified atom stereocenters. The van der Waals surface area contributed by atoms with Crippen LogP contribution >= 0.6 is 11.3 Å². The first kappa shape index (κ1) is 27.3. The van der Waals surface area contributed by atoms with E-state index in [-0.39, 0.29) is 30.7 Å². The van der Waals surface area contributed by atoms with Crippen molar-refractivity contribution in [2.24, 2.45) is 17.8 Å². The van der Waals surface area contributed by atoms with Gasteiger partial charge in [0.1, 0.15) is 5.75 Å². The molecule has 2 amide bonds. The Hall–Kier alpha value is -2.74. The van der Waals surface area contributed by atoms with Crippen molar-refractivity contribution in [1.82, 2.24) is 4.90 Å². The number of amides is 2. The third-order valence-electron chi connectivity index (χ3n) is 7.73. The summed E-state index contributed by atoms with van der Waals surface area (Å²) in [5.41, 5.74) is 3.95. The topological polar surface area (TPSA) is 98.1 Å². The van der Waals surface area contributed by atoms with Gasteiger partial charge in [-0.25, -0.2) is 0 Å². The molecule has 1 aromatic carbocycles. The molecule has 4 atom stereocenters. The Morgan fingerprint density at radius 1 is 1.14 bits per heavy atom. The molecule has 37 heavy (non-hydrogen) atoms. The predicted octanol–water partition coefficient (Wildman–Crippen LogP) is 5.30. The number of hydrogen-bond donors (Lipinski definition) is 3. The van der Waals surface area contributed by atoms with Crippen LogP contribution in [0.15, 0.2) is 58.5 Å². The van der Waals surface area contributed by atoms with Crippen LogP contribution in [0.2, 0.25) is 0 Å². The van der Waals surface area contributed by atoms with Crippen molar-refractivity contribution in [1.29, 1.82) is 0 Å². The number of hydrogen-bond acceptors (Lipinski definition) is 6. The summed E-state index contributed by atoms with van der Waals surface area (Å²) in [5, 5.41) is 33.3. The number of aliphatic hydroxyl groups excluding tert-OH is 2. The molecule has 0 spiro atoms. The first-order valence-electron chi connectivity index (χ1n) is 13.2. The zero-order valence-corrected chi connectivity index (χ0v) is 22.4. The van der Waals surface area contributed by atoms with Crippen LogP contribution in [0.1, 0.15) is 62.8 Å². The van der Waals surface area contributed by atoms with E-state index in [9.17, 15) is 24.9 Å². The summed E-state index contributed by atoms with van der Waals surface area (Å²) in [4.78, 5) is 29.0. The Kier molecular flexibility index (Phi) is 9.00. The van der Waals surface area contributed by atoms with Crippen LogP contribution < -0.4 is 0 Å². The second kappa shape index (κ2) is 12.2. The minimum absolute atomic E-state index is 0.164. The zero-order chi connectivity index (χ0) is 26.5. The number of aromatic hydroxyl groups is 1. The number of carbonyl (C=O) groups excluding carboxylic acids is 2. The van der Waals surface area contributed by atoms with Gasteiger partial charge in [0.2, 0.25) is 11.8 Å². The van der Waals surface area contributed by atoms with Gasteiger partial charge in [-0.05, 0) is 66.8 Å². The van der Waals surface area contributed by atoms with Crippen LogP contribution in [0.25, 0.3) is 6.08 Å². The van der Waals surface area contributed by atoms with Gasteiger partial charge in [0.15, 0.2) is 0 Å². The van der Waals surface area contributed by atoms with E-state index in [0.717, 1.165) is 34.4 Å². The molecule has 2 aliphatic rings. The summed E-state index contributed by atoms with van der Waals surface area (Å²) in [6.07, 6.45) is 5.48. The number of allylic oxidation sites excluding steroid dienone is 2. The summed E-state index contributed by atoms with van der Waals surface area (Å²) >= 11 is 1.51. The number of aliphatic hydroxyl groups is 2. The van der Waals surface area contributed by atoms with Crippen LogP contribution in [0.4, 0.5) is 0 Å². The molecule has 0 radical (unpaired) electrons. The molecule has 2 heterocycles. The van der Waals surface area contributed by atoms with Gasteiger partial charge >= 0.3 is 0 Å². The highest BCUT2D eigenvalue weighted by atomic mass is 32.1. The largest absolute Gasteiger partial charge is 0.508 e. The highest BCUT2D eigenvalue weighted by molar-refractivity contribution is 7.09. The number of carbonyl (C=O) groups is 2. The fourth-order valence-corrected chi connectivity index (χ4v) is 6.64. The number of nitrogens with zero attached hydrogens (tertiary/aromatic N) is 1. The average Bonchev–Trinajstić information content (AvgIpc) is 3.50. The highest BCUT2D eigenvalue weighted by Crippen LogP contribution is 2.47. The first-order chi connectivity index (χ1) is 17.9. The maximum Gasteiger partial charge on any atom is 0.234 e. The molecule has 1 saturated heterocycles. The fourth-order valence-electron chi connectivity index (χ4n) is 5.95. The molecule has 7 heteroatoms. The summed E-state index contributed by atoms with van der Waals surface area (Å²) in [7, 11) is 0. The minimum atomic E-state index is -0.789. The third kappa shape index (κ3) is 5.89. The van der Waals surface area contributed by atoms with Gasteiger partial charge in [0.25, 0.3) is 0 Å². The molecule has 0 bridgehead atoms. The second-order valence-electron chi connectivity index (χ2n) is 10.1. The van der Waals surface area contributed by atoms with E-state index in [2.05, 4.69) is 13.0 Å². The van der Waals surface area contributed by atoms with Gasteiger partial charge < -0.3 is 15.3 Å². The van der Waals surface area contributed by atoms with Gasteiger partial charge in [0, 0.05) is 10.8 Å². The van der Waals surface area contributed by atoms with Crippen molar-refractivity contribution in [3.63, 3.8) is 0 Å². The minimum Gasteiger partial charge on any atom is -0.508 e. The van der Waals surface area contributed by atoms with Gasteiger partial charge in [-0.15, -0.1) is 11.3 Å². The number of rotatable bonds is 11. The summed E-state index contributed by atoms with van der Waals surface area (Å²) < 4.78 is 0. The van der Waals surface area contributed by atoms with E-state index >= 15 is 0 Å². The molecular formula is C30H37NO5S. The van der Waals surface area contributed by atoms with E-state index in [1.807, 2.05) is 36.6 Å². The van der Waals surface area contributed by atoms with E-state index < -0.39 is 23.9 Å². The SMILES string of the molecule is CCC/C(=C\c1ccc(O)cc1)CC[C@@H](O)C1=C(CC)C[C@H]2C(=O)N(Cc3cccs3)C(=O)[C@H]2[C@H]1CO. The number of phenols is 1. The monoisotopic (exact) mass is 523 g/mol. The second-order valence-corrected chi connectivity index (χ2v) is 11.1. The number of imide groups is 1. The Morgan fingerprint density at radius 2 is 1.89 bits per heavy atom. The summed E-state index contributed by atoms with van der Waals surface area (Å²) in [5.74, 6) is -1.82. The highest BCUT2D eigenvalue weighted by Gasteiger charge is 2.54. The van der Waals surface area contributed by atoms with Gasteiger partial charge in [-0.3, -0.25) is 14.5 Å². The van der Waals surface area contributed by atoms with Crippen molar-refractivity contribution < 1.29 is 24.9 Å². The Bertz CT molecular complexity index is 1150. The van der Waals surface area contributed by atoms with E-state index in [1.54, 1.807) is 12.1 Å². The summed E-state index contributed by atoms with van der Waals surface area (Å²) in [6.45, 7) is 4.12. The van der Waals surface area contributed by atoms with Crippen LogP contribution in [0, 0.1) is 17.8 Å². The summed E-state index contributed by atoms with van der Waals surface area (Å²) in [6, 6.07) is 10.9. The van der Waals surface area contributed by atoms with Crippen LogP contribution in [-0.2, 0) is 16.1 Å².